The first-order valence-corrected chi connectivity index (χ1v) is 7.00. The largest absolute Gasteiger partial charge is 0.352 e. The Morgan fingerprint density at radius 3 is 2.40 bits per heavy atom. The number of carbonyl (C=O) groups excluding carboxylic acids is 2. The summed E-state index contributed by atoms with van der Waals surface area (Å²) in [4.78, 5) is 23.3. The summed E-state index contributed by atoms with van der Waals surface area (Å²) in [6.07, 6.45) is 2.12. The predicted octanol–water partition coefficient (Wildman–Crippen LogP) is 1.89. The Morgan fingerprint density at radius 1 is 1.20 bits per heavy atom. The number of rotatable bonds is 7. The maximum atomic E-state index is 11.7. The van der Waals surface area contributed by atoms with E-state index in [1.165, 1.54) is 0 Å². The van der Waals surface area contributed by atoms with Crippen molar-refractivity contribution in [2.45, 2.75) is 39.2 Å². The van der Waals surface area contributed by atoms with Crippen molar-refractivity contribution in [3.8, 4) is 0 Å². The molecule has 0 bridgehead atoms. The van der Waals surface area contributed by atoms with Crippen LogP contribution in [-0.2, 0) is 4.79 Å². The molecule has 0 aliphatic rings. The highest BCUT2D eigenvalue weighted by Crippen LogP contribution is 2.10. The van der Waals surface area contributed by atoms with Crippen LogP contribution in [0, 0.1) is 0 Å². The molecule has 2 amide bonds. The number of nitrogens with two attached hydrogens (primary N) is 1. The SMILES string of the molecule is CCCC(N)CC(=O)Nc1ccc(C(=O)NCC)cc1. The highest BCUT2D eigenvalue weighted by atomic mass is 16.2. The molecule has 0 radical (unpaired) electrons. The zero-order valence-corrected chi connectivity index (χ0v) is 12.1. The van der Waals surface area contributed by atoms with Crippen molar-refractivity contribution in [1.82, 2.24) is 5.32 Å². The maximum Gasteiger partial charge on any atom is 0.251 e. The molecule has 1 atom stereocenters. The zero-order chi connectivity index (χ0) is 15.0. The molecule has 1 unspecified atom stereocenters. The number of anilines is 1. The molecule has 0 fully saturated rings. The predicted molar refractivity (Wildman–Crippen MR) is 80.6 cm³/mol. The van der Waals surface area contributed by atoms with Gasteiger partial charge in [0.25, 0.3) is 5.91 Å². The highest BCUT2D eigenvalue weighted by molar-refractivity contribution is 5.95. The van der Waals surface area contributed by atoms with Gasteiger partial charge in [0.1, 0.15) is 0 Å². The number of benzene rings is 1. The Bertz CT molecular complexity index is 443. The molecule has 4 N–H and O–H groups in total. The molecule has 1 aromatic carbocycles. The molecule has 0 aromatic heterocycles. The molecule has 1 aromatic rings. The molecule has 0 aliphatic carbocycles. The molecule has 0 saturated heterocycles. The summed E-state index contributed by atoms with van der Waals surface area (Å²) in [5, 5.41) is 5.50. The normalized spacial score (nSPS) is 11.8. The molecule has 110 valence electrons. The van der Waals surface area contributed by atoms with E-state index in [9.17, 15) is 9.59 Å². The minimum Gasteiger partial charge on any atom is -0.352 e. The van der Waals surface area contributed by atoms with Gasteiger partial charge >= 0.3 is 0 Å². The fourth-order valence-corrected chi connectivity index (χ4v) is 1.89. The quantitative estimate of drug-likeness (QED) is 0.711. The van der Waals surface area contributed by atoms with Crippen LogP contribution >= 0.6 is 0 Å². The molecule has 0 spiro atoms. The van der Waals surface area contributed by atoms with Crippen molar-refractivity contribution in [1.29, 1.82) is 0 Å². The van der Waals surface area contributed by atoms with Gasteiger partial charge in [-0.15, -0.1) is 0 Å². The van der Waals surface area contributed by atoms with Crippen molar-refractivity contribution in [2.24, 2.45) is 5.73 Å². The maximum absolute atomic E-state index is 11.7. The fraction of sp³-hybridized carbons (Fsp3) is 0.467. The number of carbonyl (C=O) groups is 2. The van der Waals surface area contributed by atoms with Gasteiger partial charge in [-0.3, -0.25) is 9.59 Å². The van der Waals surface area contributed by atoms with Crippen LogP contribution in [0.1, 0.15) is 43.5 Å². The van der Waals surface area contributed by atoms with Crippen molar-refractivity contribution in [3.63, 3.8) is 0 Å². The average molecular weight is 277 g/mol. The van der Waals surface area contributed by atoms with Crippen LogP contribution in [-0.4, -0.2) is 24.4 Å². The van der Waals surface area contributed by atoms with Gasteiger partial charge < -0.3 is 16.4 Å². The summed E-state index contributed by atoms with van der Waals surface area (Å²) in [6, 6.07) is 6.70. The molecular weight excluding hydrogens is 254 g/mol. The number of amides is 2. The van der Waals surface area contributed by atoms with Gasteiger partial charge in [-0.05, 0) is 37.6 Å². The van der Waals surface area contributed by atoms with Crippen molar-refractivity contribution in [2.75, 3.05) is 11.9 Å². The van der Waals surface area contributed by atoms with Gasteiger partial charge in [0.15, 0.2) is 0 Å². The summed E-state index contributed by atoms with van der Waals surface area (Å²) in [6.45, 7) is 4.50. The second-order valence-corrected chi connectivity index (χ2v) is 4.74. The van der Waals surface area contributed by atoms with Crippen LogP contribution in [0.15, 0.2) is 24.3 Å². The second kappa shape index (κ2) is 8.32. The first-order valence-electron chi connectivity index (χ1n) is 7.00. The van der Waals surface area contributed by atoms with E-state index in [-0.39, 0.29) is 17.9 Å². The lowest BCUT2D eigenvalue weighted by Gasteiger charge is -2.11. The summed E-state index contributed by atoms with van der Waals surface area (Å²) < 4.78 is 0. The number of nitrogens with one attached hydrogen (secondary N) is 2. The first-order chi connectivity index (χ1) is 9.56. The van der Waals surface area contributed by atoms with E-state index in [0.29, 0.717) is 24.2 Å². The summed E-state index contributed by atoms with van der Waals surface area (Å²) in [7, 11) is 0. The minimum atomic E-state index is -0.115. The van der Waals surface area contributed by atoms with Gasteiger partial charge in [-0.25, -0.2) is 0 Å². The van der Waals surface area contributed by atoms with Crippen LogP contribution in [0.25, 0.3) is 0 Å². The smallest absolute Gasteiger partial charge is 0.251 e. The molecule has 1 rings (SSSR count). The molecule has 0 heterocycles. The summed E-state index contributed by atoms with van der Waals surface area (Å²) >= 11 is 0. The Morgan fingerprint density at radius 2 is 1.85 bits per heavy atom. The number of hydrogen-bond donors (Lipinski definition) is 3. The Labute approximate surface area is 119 Å². The summed E-state index contributed by atoms with van der Waals surface area (Å²) in [5.74, 6) is -0.216. The Kier molecular flexibility index (Phi) is 6.73. The third-order valence-electron chi connectivity index (χ3n) is 2.88. The third kappa shape index (κ3) is 5.40. The average Bonchev–Trinajstić information content (AvgIpc) is 2.39. The van der Waals surface area contributed by atoms with Crippen LogP contribution in [0.4, 0.5) is 5.69 Å². The lowest BCUT2D eigenvalue weighted by Crippen LogP contribution is -2.27. The summed E-state index contributed by atoms with van der Waals surface area (Å²) in [5.41, 5.74) is 7.07. The van der Waals surface area contributed by atoms with Crippen LogP contribution in [0.3, 0.4) is 0 Å². The van der Waals surface area contributed by atoms with E-state index < -0.39 is 0 Å². The Balaban J connectivity index is 2.52. The zero-order valence-electron chi connectivity index (χ0n) is 12.1. The minimum absolute atomic E-state index is 0.100. The standard InChI is InChI=1S/C15H23N3O2/c1-3-5-12(16)10-14(19)18-13-8-6-11(7-9-13)15(20)17-4-2/h6-9,12H,3-5,10,16H2,1-2H3,(H,17,20)(H,18,19). The fourth-order valence-electron chi connectivity index (χ4n) is 1.89. The third-order valence-corrected chi connectivity index (χ3v) is 2.88. The number of hydrogen-bond acceptors (Lipinski definition) is 3. The van der Waals surface area contributed by atoms with Crippen LogP contribution < -0.4 is 16.4 Å². The molecule has 0 saturated carbocycles. The van der Waals surface area contributed by atoms with E-state index >= 15 is 0 Å². The first kappa shape index (κ1) is 16.2. The monoisotopic (exact) mass is 277 g/mol. The molecule has 5 heteroatoms. The van der Waals surface area contributed by atoms with E-state index in [1.54, 1.807) is 24.3 Å². The van der Waals surface area contributed by atoms with E-state index in [4.69, 9.17) is 5.73 Å². The van der Waals surface area contributed by atoms with Crippen molar-refractivity contribution >= 4 is 17.5 Å². The van der Waals surface area contributed by atoms with Gasteiger partial charge in [-0.2, -0.15) is 0 Å². The van der Waals surface area contributed by atoms with Gasteiger partial charge in [-0.1, -0.05) is 13.3 Å². The van der Waals surface area contributed by atoms with E-state index in [0.717, 1.165) is 12.8 Å². The lowest BCUT2D eigenvalue weighted by atomic mass is 10.1. The Hall–Kier alpha value is -1.88. The lowest BCUT2D eigenvalue weighted by molar-refractivity contribution is -0.116. The highest BCUT2D eigenvalue weighted by Gasteiger charge is 2.09. The van der Waals surface area contributed by atoms with E-state index in [2.05, 4.69) is 10.6 Å². The second-order valence-electron chi connectivity index (χ2n) is 4.74. The van der Waals surface area contributed by atoms with Crippen LogP contribution in [0.2, 0.25) is 0 Å². The topological polar surface area (TPSA) is 84.2 Å². The van der Waals surface area contributed by atoms with E-state index in [1.807, 2.05) is 13.8 Å². The molecule has 0 aliphatic heterocycles. The van der Waals surface area contributed by atoms with Gasteiger partial charge in [0, 0.05) is 30.3 Å². The van der Waals surface area contributed by atoms with Crippen molar-refractivity contribution < 1.29 is 9.59 Å². The van der Waals surface area contributed by atoms with Gasteiger partial charge in [0.2, 0.25) is 5.91 Å². The molecule has 5 nitrogen and oxygen atoms in total. The van der Waals surface area contributed by atoms with Gasteiger partial charge in [0.05, 0.1) is 0 Å². The molecular formula is C15H23N3O2. The van der Waals surface area contributed by atoms with Crippen molar-refractivity contribution in [3.05, 3.63) is 29.8 Å². The molecule has 20 heavy (non-hydrogen) atoms. The van der Waals surface area contributed by atoms with Crippen LogP contribution in [0.5, 0.6) is 0 Å².